The van der Waals surface area contributed by atoms with Crippen LogP contribution < -0.4 is 16.0 Å². The van der Waals surface area contributed by atoms with E-state index >= 15 is 0 Å². The van der Waals surface area contributed by atoms with E-state index in [1.54, 1.807) is 6.07 Å². The number of hydrazine groups is 1. The maximum Gasteiger partial charge on any atom is 0.165 e. The molecule has 2 aromatic rings. The van der Waals surface area contributed by atoms with E-state index in [2.05, 4.69) is 5.43 Å². The molecule has 1 aromatic heterocycles. The Bertz CT molecular complexity index is 561. The molecule has 102 valence electrons. The molecular weight excluding hydrogens is 287 g/mol. The van der Waals surface area contributed by atoms with Gasteiger partial charge in [0.05, 0.1) is 17.5 Å². The van der Waals surface area contributed by atoms with Gasteiger partial charge in [-0.25, -0.2) is 4.39 Å². The molecule has 2 rings (SSSR count). The molecule has 0 radical (unpaired) electrons. The van der Waals surface area contributed by atoms with Crippen LogP contribution in [0.3, 0.4) is 0 Å². The average Bonchev–Trinajstić information content (AvgIpc) is 2.82. The highest BCUT2D eigenvalue weighted by molar-refractivity contribution is 7.16. The van der Waals surface area contributed by atoms with Gasteiger partial charge in [0.1, 0.15) is 0 Å². The molecule has 1 aromatic carbocycles. The van der Waals surface area contributed by atoms with Gasteiger partial charge in [0.25, 0.3) is 0 Å². The van der Waals surface area contributed by atoms with Crippen LogP contribution in [0.15, 0.2) is 30.3 Å². The Kier molecular flexibility index (Phi) is 4.76. The first-order chi connectivity index (χ1) is 9.13. The van der Waals surface area contributed by atoms with E-state index in [-0.39, 0.29) is 17.6 Å². The molecule has 0 aliphatic heterocycles. The number of rotatable bonds is 5. The van der Waals surface area contributed by atoms with Crippen LogP contribution in [-0.2, 0) is 6.42 Å². The number of nitrogens with one attached hydrogen (secondary N) is 1. The Morgan fingerprint density at radius 2 is 2.21 bits per heavy atom. The third-order valence-electron chi connectivity index (χ3n) is 2.79. The van der Waals surface area contributed by atoms with Crippen LogP contribution in [0.4, 0.5) is 4.39 Å². The van der Waals surface area contributed by atoms with Crippen LogP contribution in [0, 0.1) is 5.82 Å². The van der Waals surface area contributed by atoms with Crippen molar-refractivity contribution in [1.29, 1.82) is 0 Å². The second-order valence-corrected chi connectivity index (χ2v) is 5.78. The van der Waals surface area contributed by atoms with E-state index in [1.807, 2.05) is 18.2 Å². The maximum absolute atomic E-state index is 13.6. The molecule has 1 atom stereocenters. The molecule has 6 heteroatoms. The van der Waals surface area contributed by atoms with Gasteiger partial charge in [-0.05, 0) is 36.2 Å². The van der Waals surface area contributed by atoms with Crippen molar-refractivity contribution in [3.05, 3.63) is 50.9 Å². The number of benzene rings is 1. The van der Waals surface area contributed by atoms with E-state index in [4.69, 9.17) is 22.2 Å². The third-order valence-corrected chi connectivity index (χ3v) is 4.14. The van der Waals surface area contributed by atoms with Gasteiger partial charge in [0.2, 0.25) is 0 Å². The number of methoxy groups -OCH3 is 1. The quantitative estimate of drug-likeness (QED) is 0.658. The SMILES string of the molecule is COc1ccc(CC(NN)c2ccc(Cl)s2)cc1F. The molecule has 0 fully saturated rings. The number of thiophene rings is 1. The van der Waals surface area contributed by atoms with Crippen LogP contribution in [0.2, 0.25) is 4.34 Å². The van der Waals surface area contributed by atoms with E-state index in [0.717, 1.165) is 10.4 Å². The topological polar surface area (TPSA) is 47.3 Å². The van der Waals surface area contributed by atoms with Crippen molar-refractivity contribution in [1.82, 2.24) is 5.43 Å². The first-order valence-electron chi connectivity index (χ1n) is 5.68. The molecule has 3 N–H and O–H groups in total. The standard InChI is InChI=1S/C13H14ClFN2OS/c1-18-11-3-2-8(6-9(11)15)7-10(17-16)12-4-5-13(14)19-12/h2-6,10,17H,7,16H2,1H3. The number of halogens is 2. The minimum absolute atomic E-state index is 0.0923. The normalized spacial score (nSPS) is 12.4. The van der Waals surface area contributed by atoms with Crippen molar-refractivity contribution < 1.29 is 9.13 Å². The molecule has 0 saturated heterocycles. The number of ether oxygens (including phenoxy) is 1. The highest BCUT2D eigenvalue weighted by Gasteiger charge is 2.14. The smallest absolute Gasteiger partial charge is 0.165 e. The van der Waals surface area contributed by atoms with Gasteiger partial charge < -0.3 is 4.74 Å². The summed E-state index contributed by atoms with van der Waals surface area (Å²) in [5.74, 6) is 5.41. The highest BCUT2D eigenvalue weighted by atomic mass is 35.5. The summed E-state index contributed by atoms with van der Waals surface area (Å²) in [6.45, 7) is 0. The maximum atomic E-state index is 13.6. The molecule has 0 aliphatic rings. The largest absolute Gasteiger partial charge is 0.494 e. The molecule has 0 spiro atoms. The fourth-order valence-corrected chi connectivity index (χ4v) is 2.95. The summed E-state index contributed by atoms with van der Waals surface area (Å²) in [5.41, 5.74) is 3.56. The van der Waals surface area contributed by atoms with Crippen molar-refractivity contribution >= 4 is 22.9 Å². The van der Waals surface area contributed by atoms with Gasteiger partial charge >= 0.3 is 0 Å². The Balaban J connectivity index is 2.16. The van der Waals surface area contributed by atoms with E-state index in [1.165, 1.54) is 24.5 Å². The minimum atomic E-state index is -0.375. The summed E-state index contributed by atoms with van der Waals surface area (Å²) in [5, 5.41) is 0. The molecule has 0 amide bonds. The fourth-order valence-electron chi connectivity index (χ4n) is 1.83. The van der Waals surface area contributed by atoms with Gasteiger partial charge in [-0.2, -0.15) is 0 Å². The molecule has 0 bridgehead atoms. The molecule has 1 heterocycles. The Morgan fingerprint density at radius 1 is 1.42 bits per heavy atom. The molecule has 3 nitrogen and oxygen atoms in total. The third kappa shape index (κ3) is 3.45. The second kappa shape index (κ2) is 6.34. The lowest BCUT2D eigenvalue weighted by Crippen LogP contribution is -2.28. The Hall–Kier alpha value is -1.14. The van der Waals surface area contributed by atoms with Crippen LogP contribution in [-0.4, -0.2) is 7.11 Å². The first-order valence-corrected chi connectivity index (χ1v) is 6.87. The van der Waals surface area contributed by atoms with Gasteiger partial charge in [0, 0.05) is 4.88 Å². The highest BCUT2D eigenvalue weighted by Crippen LogP contribution is 2.29. The summed E-state index contributed by atoms with van der Waals surface area (Å²) >= 11 is 7.36. The van der Waals surface area contributed by atoms with Gasteiger partial charge in [-0.1, -0.05) is 17.7 Å². The zero-order valence-corrected chi connectivity index (χ0v) is 11.9. The fraction of sp³-hybridized carbons (Fsp3) is 0.231. The average molecular weight is 301 g/mol. The molecule has 0 aliphatic carbocycles. The van der Waals surface area contributed by atoms with E-state index < -0.39 is 0 Å². The van der Waals surface area contributed by atoms with Gasteiger partial charge in [-0.3, -0.25) is 11.3 Å². The minimum Gasteiger partial charge on any atom is -0.494 e. The van der Waals surface area contributed by atoms with Gasteiger partial charge in [-0.15, -0.1) is 11.3 Å². The van der Waals surface area contributed by atoms with E-state index in [9.17, 15) is 4.39 Å². The second-order valence-electron chi connectivity index (χ2n) is 4.03. The Labute approximate surface area is 120 Å². The lowest BCUT2D eigenvalue weighted by molar-refractivity contribution is 0.386. The molecular formula is C13H14ClFN2OS. The summed E-state index contributed by atoms with van der Waals surface area (Å²) < 4.78 is 19.2. The molecule has 19 heavy (non-hydrogen) atoms. The lowest BCUT2D eigenvalue weighted by Gasteiger charge is -2.14. The van der Waals surface area contributed by atoms with Crippen LogP contribution in [0.5, 0.6) is 5.75 Å². The first kappa shape index (κ1) is 14.3. The number of nitrogens with two attached hydrogens (primary N) is 1. The summed E-state index contributed by atoms with van der Waals surface area (Å²) in [4.78, 5) is 1.02. The van der Waals surface area contributed by atoms with Crippen molar-refractivity contribution in [3.8, 4) is 5.75 Å². The van der Waals surface area contributed by atoms with Crippen LogP contribution in [0.25, 0.3) is 0 Å². The Morgan fingerprint density at radius 3 is 2.74 bits per heavy atom. The van der Waals surface area contributed by atoms with Gasteiger partial charge in [0.15, 0.2) is 11.6 Å². The van der Waals surface area contributed by atoms with Crippen molar-refractivity contribution in [2.24, 2.45) is 5.84 Å². The zero-order valence-electron chi connectivity index (χ0n) is 10.3. The zero-order chi connectivity index (χ0) is 13.8. The number of hydrogen-bond acceptors (Lipinski definition) is 4. The summed E-state index contributed by atoms with van der Waals surface area (Å²) in [7, 11) is 1.44. The predicted molar refractivity (Wildman–Crippen MR) is 76.0 cm³/mol. The van der Waals surface area contributed by atoms with Crippen molar-refractivity contribution in [2.45, 2.75) is 12.5 Å². The van der Waals surface area contributed by atoms with Crippen molar-refractivity contribution in [3.63, 3.8) is 0 Å². The van der Waals surface area contributed by atoms with Crippen molar-refractivity contribution in [2.75, 3.05) is 7.11 Å². The monoisotopic (exact) mass is 300 g/mol. The molecule has 0 saturated carbocycles. The molecule has 1 unspecified atom stereocenters. The van der Waals surface area contributed by atoms with E-state index in [0.29, 0.717) is 10.8 Å². The summed E-state index contributed by atoms with van der Waals surface area (Å²) in [6.07, 6.45) is 0.578. The van der Waals surface area contributed by atoms with Crippen LogP contribution in [0.1, 0.15) is 16.5 Å². The predicted octanol–water partition coefficient (Wildman–Crippen LogP) is 3.30. The lowest BCUT2D eigenvalue weighted by atomic mass is 10.0. The van der Waals surface area contributed by atoms with Crippen LogP contribution >= 0.6 is 22.9 Å². The number of hydrogen-bond donors (Lipinski definition) is 2. The summed E-state index contributed by atoms with van der Waals surface area (Å²) in [6, 6.07) is 8.53.